The van der Waals surface area contributed by atoms with Gasteiger partial charge in [-0.05, 0) is 55.3 Å². The van der Waals surface area contributed by atoms with E-state index in [4.69, 9.17) is 4.74 Å². The SMILES string of the molecule is COc1ccc(C(=O)NC2CCN(C(=O)c3cccc(O)c3)CC2)cc1. The Balaban J connectivity index is 1.53. The minimum Gasteiger partial charge on any atom is -0.508 e. The number of carbonyl (C=O) groups is 2. The molecule has 1 fully saturated rings. The van der Waals surface area contributed by atoms with E-state index in [0.717, 1.165) is 0 Å². The van der Waals surface area contributed by atoms with Crippen LogP contribution in [0.25, 0.3) is 0 Å². The molecule has 0 unspecified atom stereocenters. The van der Waals surface area contributed by atoms with Crippen molar-refractivity contribution in [2.45, 2.75) is 18.9 Å². The molecule has 2 N–H and O–H groups in total. The number of amides is 2. The van der Waals surface area contributed by atoms with Gasteiger partial charge in [0.05, 0.1) is 7.11 Å². The van der Waals surface area contributed by atoms with Gasteiger partial charge in [-0.15, -0.1) is 0 Å². The second-order valence-corrected chi connectivity index (χ2v) is 6.32. The van der Waals surface area contributed by atoms with Crippen LogP contribution < -0.4 is 10.1 Å². The summed E-state index contributed by atoms with van der Waals surface area (Å²) in [5, 5.41) is 12.5. The first-order valence-electron chi connectivity index (χ1n) is 8.60. The third kappa shape index (κ3) is 4.14. The van der Waals surface area contributed by atoms with Gasteiger partial charge in [0, 0.05) is 30.3 Å². The maximum atomic E-state index is 12.5. The summed E-state index contributed by atoms with van der Waals surface area (Å²) in [6.45, 7) is 1.14. The van der Waals surface area contributed by atoms with Crippen molar-refractivity contribution in [3.63, 3.8) is 0 Å². The number of rotatable bonds is 4. The molecule has 0 spiro atoms. The third-order valence-corrected chi connectivity index (χ3v) is 4.56. The van der Waals surface area contributed by atoms with E-state index in [1.165, 1.54) is 12.1 Å². The summed E-state index contributed by atoms with van der Waals surface area (Å²) < 4.78 is 5.09. The second-order valence-electron chi connectivity index (χ2n) is 6.32. The van der Waals surface area contributed by atoms with Gasteiger partial charge in [0.1, 0.15) is 11.5 Å². The number of hydrogen-bond donors (Lipinski definition) is 2. The normalized spacial score (nSPS) is 14.7. The summed E-state index contributed by atoms with van der Waals surface area (Å²) in [5.41, 5.74) is 1.06. The number of hydrogen-bond acceptors (Lipinski definition) is 4. The van der Waals surface area contributed by atoms with Gasteiger partial charge in [0.2, 0.25) is 0 Å². The first-order valence-corrected chi connectivity index (χ1v) is 8.60. The second kappa shape index (κ2) is 7.91. The minimum absolute atomic E-state index is 0.0397. The lowest BCUT2D eigenvalue weighted by Crippen LogP contribution is -2.46. The molecule has 0 atom stereocenters. The Morgan fingerprint density at radius 1 is 1.08 bits per heavy atom. The maximum absolute atomic E-state index is 12.5. The van der Waals surface area contributed by atoms with Crippen LogP contribution in [0.4, 0.5) is 0 Å². The Kier molecular flexibility index (Phi) is 5.41. The monoisotopic (exact) mass is 354 g/mol. The van der Waals surface area contributed by atoms with Crippen LogP contribution in [-0.4, -0.2) is 48.1 Å². The lowest BCUT2D eigenvalue weighted by atomic mass is 10.0. The van der Waals surface area contributed by atoms with E-state index in [1.807, 2.05) is 0 Å². The highest BCUT2D eigenvalue weighted by Crippen LogP contribution is 2.18. The molecule has 6 nitrogen and oxygen atoms in total. The van der Waals surface area contributed by atoms with Gasteiger partial charge in [-0.1, -0.05) is 6.07 Å². The van der Waals surface area contributed by atoms with Crippen molar-refractivity contribution in [3.8, 4) is 11.5 Å². The summed E-state index contributed by atoms with van der Waals surface area (Å²) in [5.74, 6) is 0.573. The Morgan fingerprint density at radius 2 is 1.77 bits per heavy atom. The van der Waals surface area contributed by atoms with Gasteiger partial charge in [-0.25, -0.2) is 0 Å². The highest BCUT2D eigenvalue weighted by atomic mass is 16.5. The number of nitrogens with one attached hydrogen (secondary N) is 1. The molecule has 1 aliphatic rings. The van der Waals surface area contributed by atoms with Crippen molar-refractivity contribution in [2.24, 2.45) is 0 Å². The molecule has 1 aliphatic heterocycles. The molecule has 0 bridgehead atoms. The molecule has 0 radical (unpaired) electrons. The Hall–Kier alpha value is -3.02. The van der Waals surface area contributed by atoms with Gasteiger partial charge in [-0.3, -0.25) is 9.59 Å². The number of phenols is 1. The van der Waals surface area contributed by atoms with Crippen LogP contribution in [0.15, 0.2) is 48.5 Å². The van der Waals surface area contributed by atoms with Crippen LogP contribution in [0.1, 0.15) is 33.6 Å². The fourth-order valence-corrected chi connectivity index (χ4v) is 3.06. The molecule has 26 heavy (non-hydrogen) atoms. The first-order chi connectivity index (χ1) is 12.6. The molecule has 2 amide bonds. The average molecular weight is 354 g/mol. The van der Waals surface area contributed by atoms with E-state index in [1.54, 1.807) is 48.4 Å². The highest BCUT2D eigenvalue weighted by molar-refractivity contribution is 5.95. The van der Waals surface area contributed by atoms with Crippen molar-refractivity contribution in [2.75, 3.05) is 20.2 Å². The largest absolute Gasteiger partial charge is 0.508 e. The Labute approximate surface area is 152 Å². The van der Waals surface area contributed by atoms with Crippen molar-refractivity contribution in [1.82, 2.24) is 10.2 Å². The van der Waals surface area contributed by atoms with Crippen LogP contribution >= 0.6 is 0 Å². The Bertz CT molecular complexity index is 781. The van der Waals surface area contributed by atoms with E-state index >= 15 is 0 Å². The molecule has 1 heterocycles. The molecule has 1 saturated heterocycles. The minimum atomic E-state index is -0.120. The number of benzene rings is 2. The number of carbonyl (C=O) groups excluding carboxylic acids is 2. The molecule has 3 rings (SSSR count). The number of nitrogens with zero attached hydrogens (tertiary/aromatic N) is 1. The molecule has 2 aromatic rings. The van der Waals surface area contributed by atoms with E-state index in [-0.39, 0.29) is 23.6 Å². The lowest BCUT2D eigenvalue weighted by Gasteiger charge is -2.32. The van der Waals surface area contributed by atoms with Crippen molar-refractivity contribution in [1.29, 1.82) is 0 Å². The predicted molar refractivity (Wildman–Crippen MR) is 97.5 cm³/mol. The van der Waals surface area contributed by atoms with Gasteiger partial charge in [0.25, 0.3) is 11.8 Å². The molecule has 0 aliphatic carbocycles. The molecular formula is C20H22N2O4. The van der Waals surface area contributed by atoms with Gasteiger partial charge >= 0.3 is 0 Å². The molecule has 0 aromatic heterocycles. The van der Waals surface area contributed by atoms with Gasteiger partial charge in [0.15, 0.2) is 0 Å². The molecule has 6 heteroatoms. The zero-order chi connectivity index (χ0) is 18.5. The highest BCUT2D eigenvalue weighted by Gasteiger charge is 2.25. The van der Waals surface area contributed by atoms with Crippen molar-refractivity contribution >= 4 is 11.8 Å². The van der Waals surface area contributed by atoms with Crippen LogP contribution in [0, 0.1) is 0 Å². The summed E-state index contributed by atoms with van der Waals surface area (Å²) in [6, 6.07) is 13.4. The number of methoxy groups -OCH3 is 1. The lowest BCUT2D eigenvalue weighted by molar-refractivity contribution is 0.0697. The van der Waals surface area contributed by atoms with Crippen LogP contribution in [-0.2, 0) is 0 Å². The smallest absolute Gasteiger partial charge is 0.253 e. The molecule has 0 saturated carbocycles. The standard InChI is InChI=1S/C20H22N2O4/c1-26-18-7-5-14(6-8-18)19(24)21-16-9-11-22(12-10-16)20(25)15-3-2-4-17(23)13-15/h2-8,13,16,23H,9-12H2,1H3,(H,21,24). The number of aromatic hydroxyl groups is 1. The summed E-state index contributed by atoms with van der Waals surface area (Å²) >= 11 is 0. The Morgan fingerprint density at radius 3 is 2.38 bits per heavy atom. The van der Waals surface area contributed by atoms with Gasteiger partial charge in [-0.2, -0.15) is 0 Å². The van der Waals surface area contributed by atoms with E-state index in [0.29, 0.717) is 42.8 Å². The average Bonchev–Trinajstić information content (AvgIpc) is 2.68. The van der Waals surface area contributed by atoms with Crippen molar-refractivity contribution < 1.29 is 19.4 Å². The number of piperidine rings is 1. The van der Waals surface area contributed by atoms with E-state index in [2.05, 4.69) is 5.32 Å². The summed E-state index contributed by atoms with van der Waals surface area (Å²) in [6.07, 6.45) is 1.40. The number of phenolic OH excluding ortho intramolecular Hbond substituents is 1. The third-order valence-electron chi connectivity index (χ3n) is 4.56. The number of likely N-dealkylation sites (tertiary alicyclic amines) is 1. The van der Waals surface area contributed by atoms with Gasteiger partial charge < -0.3 is 20.1 Å². The fraction of sp³-hybridized carbons (Fsp3) is 0.300. The summed E-state index contributed by atoms with van der Waals surface area (Å²) in [4.78, 5) is 26.6. The zero-order valence-electron chi connectivity index (χ0n) is 14.6. The van der Waals surface area contributed by atoms with E-state index in [9.17, 15) is 14.7 Å². The summed E-state index contributed by atoms with van der Waals surface area (Å²) in [7, 11) is 1.58. The zero-order valence-corrected chi connectivity index (χ0v) is 14.6. The topological polar surface area (TPSA) is 78.9 Å². The van der Waals surface area contributed by atoms with Crippen LogP contribution in [0.5, 0.6) is 11.5 Å². The molecule has 2 aromatic carbocycles. The first kappa shape index (κ1) is 17.8. The van der Waals surface area contributed by atoms with Crippen LogP contribution in [0.3, 0.4) is 0 Å². The quantitative estimate of drug-likeness (QED) is 0.884. The van der Waals surface area contributed by atoms with Crippen LogP contribution in [0.2, 0.25) is 0 Å². The molecule has 136 valence electrons. The van der Waals surface area contributed by atoms with E-state index < -0.39 is 0 Å². The number of ether oxygens (including phenoxy) is 1. The van der Waals surface area contributed by atoms with Crippen molar-refractivity contribution in [3.05, 3.63) is 59.7 Å². The maximum Gasteiger partial charge on any atom is 0.253 e. The fourth-order valence-electron chi connectivity index (χ4n) is 3.06. The predicted octanol–water partition coefficient (Wildman–Crippen LogP) is 2.44. The molecular weight excluding hydrogens is 332 g/mol.